The van der Waals surface area contributed by atoms with E-state index >= 15 is 0 Å². The van der Waals surface area contributed by atoms with E-state index in [9.17, 15) is 9.18 Å². The van der Waals surface area contributed by atoms with Crippen LogP contribution in [-0.4, -0.2) is 22.4 Å². The maximum atomic E-state index is 12.9. The van der Waals surface area contributed by atoms with Crippen LogP contribution in [0, 0.1) is 5.82 Å². The number of nitrogens with zero attached hydrogens (tertiary/aromatic N) is 2. The average Bonchev–Trinajstić information content (AvgIpc) is 2.84. The SMILES string of the molecule is CCOC(=O)c1cc(-c2ccc(F)cc2)nn1CC. The van der Waals surface area contributed by atoms with Crippen LogP contribution in [0.15, 0.2) is 30.3 Å². The molecule has 0 atom stereocenters. The molecule has 0 fully saturated rings. The Morgan fingerprint density at radius 2 is 2.00 bits per heavy atom. The number of carbonyl (C=O) groups excluding carboxylic acids is 1. The van der Waals surface area contributed by atoms with Crippen molar-refractivity contribution in [2.45, 2.75) is 20.4 Å². The van der Waals surface area contributed by atoms with Crippen LogP contribution >= 0.6 is 0 Å². The van der Waals surface area contributed by atoms with E-state index in [2.05, 4.69) is 5.10 Å². The van der Waals surface area contributed by atoms with Crippen LogP contribution in [0.2, 0.25) is 0 Å². The van der Waals surface area contributed by atoms with Crippen molar-refractivity contribution in [1.82, 2.24) is 9.78 Å². The van der Waals surface area contributed by atoms with Crippen molar-refractivity contribution < 1.29 is 13.9 Å². The number of carbonyl (C=O) groups is 1. The largest absolute Gasteiger partial charge is 0.461 e. The van der Waals surface area contributed by atoms with E-state index in [0.29, 0.717) is 24.5 Å². The quantitative estimate of drug-likeness (QED) is 0.796. The van der Waals surface area contributed by atoms with Crippen molar-refractivity contribution in [2.75, 3.05) is 6.61 Å². The van der Waals surface area contributed by atoms with Gasteiger partial charge in [-0.3, -0.25) is 4.68 Å². The van der Waals surface area contributed by atoms with E-state index in [1.807, 2.05) is 6.92 Å². The van der Waals surface area contributed by atoms with Crippen molar-refractivity contribution in [2.24, 2.45) is 0 Å². The zero-order chi connectivity index (χ0) is 13.8. The van der Waals surface area contributed by atoms with Crippen LogP contribution in [0.1, 0.15) is 24.3 Å². The molecule has 5 heteroatoms. The second-order valence-electron chi connectivity index (χ2n) is 3.96. The number of aryl methyl sites for hydroxylation is 1. The van der Waals surface area contributed by atoms with E-state index in [1.165, 1.54) is 12.1 Å². The minimum absolute atomic E-state index is 0.302. The maximum Gasteiger partial charge on any atom is 0.356 e. The fourth-order valence-corrected chi connectivity index (χ4v) is 1.79. The monoisotopic (exact) mass is 262 g/mol. The predicted octanol–water partition coefficient (Wildman–Crippen LogP) is 2.89. The molecule has 0 N–H and O–H groups in total. The summed E-state index contributed by atoms with van der Waals surface area (Å²) in [5.74, 6) is -0.700. The second-order valence-corrected chi connectivity index (χ2v) is 3.96. The highest BCUT2D eigenvalue weighted by molar-refractivity contribution is 5.89. The van der Waals surface area contributed by atoms with Gasteiger partial charge in [-0.1, -0.05) is 0 Å². The summed E-state index contributed by atoms with van der Waals surface area (Å²) >= 11 is 0. The molecule has 0 aliphatic rings. The molecule has 2 rings (SSSR count). The first-order chi connectivity index (χ1) is 9.15. The molecular weight excluding hydrogens is 247 g/mol. The zero-order valence-electron chi connectivity index (χ0n) is 10.9. The van der Waals surface area contributed by atoms with Gasteiger partial charge >= 0.3 is 5.97 Å². The minimum Gasteiger partial charge on any atom is -0.461 e. The first-order valence-corrected chi connectivity index (χ1v) is 6.16. The van der Waals surface area contributed by atoms with Crippen molar-refractivity contribution >= 4 is 5.97 Å². The topological polar surface area (TPSA) is 44.1 Å². The molecule has 0 aliphatic heterocycles. The summed E-state index contributed by atoms with van der Waals surface area (Å²) in [6.07, 6.45) is 0. The Bertz CT molecular complexity index is 576. The van der Waals surface area contributed by atoms with Gasteiger partial charge in [-0.2, -0.15) is 5.10 Å². The van der Waals surface area contributed by atoms with Gasteiger partial charge in [0.2, 0.25) is 0 Å². The van der Waals surface area contributed by atoms with Crippen LogP contribution in [0.3, 0.4) is 0 Å². The van der Waals surface area contributed by atoms with E-state index in [0.717, 1.165) is 5.56 Å². The van der Waals surface area contributed by atoms with Gasteiger partial charge in [0.15, 0.2) is 0 Å². The summed E-state index contributed by atoms with van der Waals surface area (Å²) in [4.78, 5) is 11.8. The van der Waals surface area contributed by atoms with Crippen LogP contribution in [0.5, 0.6) is 0 Å². The fourth-order valence-electron chi connectivity index (χ4n) is 1.79. The number of rotatable bonds is 4. The standard InChI is InChI=1S/C14H15FN2O2/c1-3-17-13(14(18)19-4-2)9-12(16-17)10-5-7-11(15)8-6-10/h5-9H,3-4H2,1-2H3. The van der Waals surface area contributed by atoms with Gasteiger partial charge in [0.1, 0.15) is 11.5 Å². The van der Waals surface area contributed by atoms with Gasteiger partial charge in [-0.25, -0.2) is 9.18 Å². The van der Waals surface area contributed by atoms with Gasteiger partial charge < -0.3 is 4.74 Å². The first-order valence-electron chi connectivity index (χ1n) is 6.16. The summed E-state index contributed by atoms with van der Waals surface area (Å²) in [5, 5.41) is 4.33. The van der Waals surface area contributed by atoms with Gasteiger partial charge in [0, 0.05) is 12.1 Å². The van der Waals surface area contributed by atoms with E-state index < -0.39 is 5.97 Å². The third-order valence-corrected chi connectivity index (χ3v) is 2.70. The molecule has 4 nitrogen and oxygen atoms in total. The molecule has 0 bridgehead atoms. The lowest BCUT2D eigenvalue weighted by Gasteiger charge is -2.02. The molecule has 1 aromatic heterocycles. The lowest BCUT2D eigenvalue weighted by Crippen LogP contribution is -2.12. The molecular formula is C14H15FN2O2. The molecule has 0 radical (unpaired) electrons. The normalized spacial score (nSPS) is 10.5. The molecule has 19 heavy (non-hydrogen) atoms. The molecule has 100 valence electrons. The molecule has 0 unspecified atom stereocenters. The smallest absolute Gasteiger partial charge is 0.356 e. The summed E-state index contributed by atoms with van der Waals surface area (Å²) in [7, 11) is 0. The van der Waals surface area contributed by atoms with Crippen LogP contribution in [0.4, 0.5) is 4.39 Å². The van der Waals surface area contributed by atoms with E-state index in [1.54, 1.807) is 29.8 Å². The van der Waals surface area contributed by atoms with Gasteiger partial charge in [0.05, 0.1) is 12.3 Å². The van der Waals surface area contributed by atoms with Crippen molar-refractivity contribution in [1.29, 1.82) is 0 Å². The van der Waals surface area contributed by atoms with Crippen molar-refractivity contribution in [3.05, 3.63) is 41.8 Å². The number of benzene rings is 1. The minimum atomic E-state index is -0.398. The maximum absolute atomic E-state index is 12.9. The summed E-state index contributed by atoms with van der Waals surface area (Å²) in [6, 6.07) is 7.66. The first kappa shape index (κ1) is 13.3. The lowest BCUT2D eigenvalue weighted by molar-refractivity contribution is 0.0512. The Kier molecular flexibility index (Phi) is 3.94. The summed E-state index contributed by atoms with van der Waals surface area (Å²) in [6.45, 7) is 4.53. The molecule has 1 aromatic carbocycles. The number of esters is 1. The molecule has 0 aliphatic carbocycles. The molecule has 0 saturated carbocycles. The number of hydrogen-bond donors (Lipinski definition) is 0. The highest BCUT2D eigenvalue weighted by atomic mass is 19.1. The zero-order valence-corrected chi connectivity index (χ0v) is 10.9. The van der Waals surface area contributed by atoms with Crippen LogP contribution in [-0.2, 0) is 11.3 Å². The molecule has 0 spiro atoms. The van der Waals surface area contributed by atoms with Gasteiger partial charge in [-0.15, -0.1) is 0 Å². The Balaban J connectivity index is 2.38. The fraction of sp³-hybridized carbons (Fsp3) is 0.286. The Morgan fingerprint density at radius 1 is 1.32 bits per heavy atom. The highest BCUT2D eigenvalue weighted by Crippen LogP contribution is 2.20. The third kappa shape index (κ3) is 2.81. The molecule has 0 amide bonds. The second kappa shape index (κ2) is 5.65. The van der Waals surface area contributed by atoms with E-state index in [4.69, 9.17) is 4.74 Å². The van der Waals surface area contributed by atoms with Crippen molar-refractivity contribution in [3.8, 4) is 11.3 Å². The Morgan fingerprint density at radius 3 is 2.58 bits per heavy atom. The molecule has 1 heterocycles. The molecule has 2 aromatic rings. The van der Waals surface area contributed by atoms with Gasteiger partial charge in [0.25, 0.3) is 0 Å². The Hall–Kier alpha value is -2.17. The van der Waals surface area contributed by atoms with E-state index in [-0.39, 0.29) is 5.82 Å². The average molecular weight is 262 g/mol. The summed E-state index contributed by atoms with van der Waals surface area (Å²) in [5.41, 5.74) is 1.80. The third-order valence-electron chi connectivity index (χ3n) is 2.70. The highest BCUT2D eigenvalue weighted by Gasteiger charge is 2.16. The Labute approximate surface area is 110 Å². The number of aromatic nitrogens is 2. The predicted molar refractivity (Wildman–Crippen MR) is 69.3 cm³/mol. The van der Waals surface area contributed by atoms with Crippen LogP contribution < -0.4 is 0 Å². The van der Waals surface area contributed by atoms with Crippen molar-refractivity contribution in [3.63, 3.8) is 0 Å². The number of halogens is 1. The number of hydrogen-bond acceptors (Lipinski definition) is 3. The number of ether oxygens (including phenoxy) is 1. The van der Waals surface area contributed by atoms with Crippen LogP contribution in [0.25, 0.3) is 11.3 Å². The lowest BCUT2D eigenvalue weighted by atomic mass is 10.1. The van der Waals surface area contributed by atoms with Gasteiger partial charge in [-0.05, 0) is 44.2 Å². The summed E-state index contributed by atoms with van der Waals surface area (Å²) < 4.78 is 19.4. The molecule has 0 saturated heterocycles.